The Labute approximate surface area is 314 Å². The Morgan fingerprint density at radius 1 is 0.729 bits per heavy atom. The Kier molecular flexibility index (Phi) is 13.0. The summed E-state index contributed by atoms with van der Waals surface area (Å²) in [7, 11) is -1.74. The van der Waals surface area contributed by atoms with Crippen LogP contribution < -0.4 is 24.4 Å². The van der Waals surface area contributed by atoms with Crippen LogP contribution in [-0.4, -0.2) is 64.5 Å². The average Bonchev–Trinajstić information content (AvgIpc) is 3.06. The minimum Gasteiger partial charge on any atom is -0.493 e. The Bertz CT molecular complexity index is 1530. The Morgan fingerprint density at radius 3 is 1.77 bits per heavy atom. The highest BCUT2D eigenvalue weighted by Gasteiger charge is 2.40. The fourth-order valence-electron chi connectivity index (χ4n) is 5.82. The second-order valence-electron chi connectivity index (χ2n) is 14.1. The third-order valence-electron chi connectivity index (χ3n) is 9.66. The predicted molar refractivity (Wildman–Crippen MR) is 211 cm³/mol. The van der Waals surface area contributed by atoms with Crippen LogP contribution in [0.15, 0.2) is 54.6 Å². The molecule has 0 aliphatic carbocycles. The lowest BCUT2D eigenvalue weighted by Gasteiger charge is -2.40. The molecular weight excluding hydrogens is 850 g/mol. The van der Waals surface area contributed by atoms with Gasteiger partial charge in [-0.15, -0.1) is 0 Å². The predicted octanol–water partition coefficient (Wildman–Crippen LogP) is 8.16. The number of piperazine rings is 1. The molecular formula is C37H50I2N2O6Si. The number of nitrogens with zero attached hydrogens (tertiary/aromatic N) is 1. The number of halogens is 2. The molecule has 3 unspecified atom stereocenters. The standard InChI is InChI=1S/C15H23IO2Si.C13H18N2O2.C9H9IO2/c1-15(2,3)19(4,5)18-14-8-9-17-13-7-6-11(16)10-12(13)14;16-12-3-8-17-13-2-1-10(9-11(12)13)15-6-4-14-5-7-15;10-6-1-2-9-7(5-6)8(11)3-4-12-9/h6-7,10,14H,8-9H2,1-5H3;1-2,9,12,14,16H,3-8H2;1-2,5,8,11H,3-4H2. The van der Waals surface area contributed by atoms with Crippen molar-refractivity contribution in [2.45, 2.75) is 76.5 Å². The highest BCUT2D eigenvalue weighted by atomic mass is 127. The zero-order valence-corrected chi connectivity index (χ0v) is 34.0. The largest absolute Gasteiger partial charge is 0.493 e. The van der Waals surface area contributed by atoms with Crippen molar-refractivity contribution in [1.82, 2.24) is 5.32 Å². The van der Waals surface area contributed by atoms with E-state index in [9.17, 15) is 10.2 Å². The van der Waals surface area contributed by atoms with E-state index in [1.165, 1.54) is 14.8 Å². The molecule has 4 aliphatic rings. The van der Waals surface area contributed by atoms with Gasteiger partial charge in [0.2, 0.25) is 0 Å². The van der Waals surface area contributed by atoms with Crippen LogP contribution in [0.25, 0.3) is 0 Å². The summed E-state index contributed by atoms with van der Waals surface area (Å²) in [5.74, 6) is 2.66. The maximum atomic E-state index is 9.97. The second kappa shape index (κ2) is 16.6. The van der Waals surface area contributed by atoms with Crippen LogP contribution >= 0.6 is 45.2 Å². The maximum Gasteiger partial charge on any atom is 0.192 e. The fourth-order valence-corrected chi connectivity index (χ4v) is 8.16. The Morgan fingerprint density at radius 2 is 1.21 bits per heavy atom. The van der Waals surface area contributed by atoms with Gasteiger partial charge < -0.3 is 39.1 Å². The van der Waals surface area contributed by atoms with Crippen molar-refractivity contribution in [1.29, 1.82) is 0 Å². The number of benzene rings is 3. The van der Waals surface area contributed by atoms with Gasteiger partial charge in [0.1, 0.15) is 17.2 Å². The summed E-state index contributed by atoms with van der Waals surface area (Å²) >= 11 is 4.58. The number of anilines is 1. The summed E-state index contributed by atoms with van der Waals surface area (Å²) in [6.45, 7) is 17.6. The van der Waals surface area contributed by atoms with Crippen molar-refractivity contribution < 1.29 is 28.8 Å². The number of fused-ring (bicyclic) bond motifs is 3. The lowest BCUT2D eigenvalue weighted by atomic mass is 10.0. The smallest absolute Gasteiger partial charge is 0.192 e. The zero-order valence-electron chi connectivity index (χ0n) is 28.7. The van der Waals surface area contributed by atoms with Crippen molar-refractivity contribution in [3.63, 3.8) is 0 Å². The van der Waals surface area contributed by atoms with Crippen molar-refractivity contribution in [2.75, 3.05) is 50.9 Å². The molecule has 8 nitrogen and oxygen atoms in total. The molecule has 0 saturated carbocycles. The lowest BCUT2D eigenvalue weighted by molar-refractivity contribution is 0.115. The molecule has 11 heteroatoms. The molecule has 1 saturated heterocycles. The molecule has 0 amide bonds. The van der Waals surface area contributed by atoms with Gasteiger partial charge in [-0.25, -0.2) is 0 Å². The van der Waals surface area contributed by atoms with Gasteiger partial charge in [-0.05, 0) is 118 Å². The van der Waals surface area contributed by atoms with Gasteiger partial charge in [0.15, 0.2) is 8.32 Å². The van der Waals surface area contributed by atoms with E-state index in [1.807, 2.05) is 24.3 Å². The minimum atomic E-state index is -1.74. The number of ether oxygens (including phenoxy) is 3. The summed E-state index contributed by atoms with van der Waals surface area (Å²) < 4.78 is 25.6. The topological polar surface area (TPSA) is 92.7 Å². The first-order valence-corrected chi connectivity index (χ1v) is 22.0. The molecule has 4 heterocycles. The summed E-state index contributed by atoms with van der Waals surface area (Å²) in [5, 5.41) is 23.2. The van der Waals surface area contributed by atoms with Crippen LogP contribution in [0.5, 0.6) is 17.2 Å². The number of hydrogen-bond donors (Lipinski definition) is 3. The van der Waals surface area contributed by atoms with E-state index in [-0.39, 0.29) is 23.4 Å². The molecule has 3 N–H and O–H groups in total. The van der Waals surface area contributed by atoms with E-state index >= 15 is 0 Å². The van der Waals surface area contributed by atoms with Crippen LogP contribution in [0.1, 0.15) is 75.0 Å². The highest BCUT2D eigenvalue weighted by molar-refractivity contribution is 14.1. The minimum absolute atomic E-state index is 0.194. The number of aliphatic hydroxyl groups is 2. The first-order valence-electron chi connectivity index (χ1n) is 16.9. The van der Waals surface area contributed by atoms with Gasteiger partial charge in [-0.1, -0.05) is 20.8 Å². The number of nitrogens with one attached hydrogen (secondary N) is 1. The van der Waals surface area contributed by atoms with E-state index in [1.54, 1.807) is 0 Å². The summed E-state index contributed by atoms with van der Waals surface area (Å²) in [6.07, 6.45) is 1.83. The second-order valence-corrected chi connectivity index (χ2v) is 21.4. The molecule has 262 valence electrons. The molecule has 0 spiro atoms. The van der Waals surface area contributed by atoms with Crippen LogP contribution in [0.3, 0.4) is 0 Å². The first-order chi connectivity index (χ1) is 22.8. The van der Waals surface area contributed by atoms with Crippen LogP contribution in [-0.2, 0) is 4.43 Å². The molecule has 1 fully saturated rings. The Hall–Kier alpha value is -1.62. The Balaban J connectivity index is 0.000000144. The average molecular weight is 901 g/mol. The number of aliphatic hydroxyl groups excluding tert-OH is 2. The SMILES string of the molecule is CC(C)(C)[Si](C)(C)OC1CCOc2ccc(I)cc21.OC1CCOc2ccc(I)cc21.OC1CCOc2ccc(N3CCNCC3)cc21. The van der Waals surface area contributed by atoms with Gasteiger partial charge in [-0.3, -0.25) is 0 Å². The molecule has 4 aliphatic heterocycles. The van der Waals surface area contributed by atoms with Crippen LogP contribution in [0.2, 0.25) is 18.1 Å². The maximum absolute atomic E-state index is 9.97. The van der Waals surface area contributed by atoms with Crippen molar-refractivity contribution in [2.24, 2.45) is 0 Å². The van der Waals surface area contributed by atoms with E-state index in [4.69, 9.17) is 18.6 Å². The molecule has 3 aromatic carbocycles. The van der Waals surface area contributed by atoms with Crippen molar-refractivity contribution in [3.8, 4) is 17.2 Å². The molecule has 0 radical (unpaired) electrons. The van der Waals surface area contributed by atoms with Gasteiger partial charge in [0.05, 0.1) is 38.1 Å². The lowest BCUT2D eigenvalue weighted by Crippen LogP contribution is -2.43. The quantitative estimate of drug-likeness (QED) is 0.179. The van der Waals surface area contributed by atoms with E-state index in [0.29, 0.717) is 26.1 Å². The number of rotatable bonds is 3. The number of hydrogen-bond acceptors (Lipinski definition) is 8. The summed E-state index contributed by atoms with van der Waals surface area (Å²) in [5.41, 5.74) is 4.28. The molecule has 48 heavy (non-hydrogen) atoms. The molecule has 0 aromatic heterocycles. The van der Waals surface area contributed by atoms with Gasteiger partial charge in [0, 0.05) is 75.0 Å². The van der Waals surface area contributed by atoms with Gasteiger partial charge >= 0.3 is 0 Å². The zero-order chi connectivity index (χ0) is 34.5. The van der Waals surface area contributed by atoms with Crippen molar-refractivity contribution >= 4 is 59.2 Å². The van der Waals surface area contributed by atoms with E-state index in [2.05, 4.69) is 120 Å². The third kappa shape index (κ3) is 9.58. The van der Waals surface area contributed by atoms with Crippen LogP contribution in [0, 0.1) is 7.14 Å². The molecule has 3 atom stereocenters. The van der Waals surface area contributed by atoms with Gasteiger partial charge in [0.25, 0.3) is 0 Å². The highest BCUT2D eigenvalue weighted by Crippen LogP contribution is 2.44. The molecule has 7 rings (SSSR count). The molecule has 0 bridgehead atoms. The molecule has 3 aromatic rings. The first kappa shape index (κ1) is 37.6. The van der Waals surface area contributed by atoms with E-state index < -0.39 is 8.32 Å². The van der Waals surface area contributed by atoms with Crippen molar-refractivity contribution in [3.05, 3.63) is 78.4 Å². The third-order valence-corrected chi connectivity index (χ3v) is 15.5. The summed E-state index contributed by atoms with van der Waals surface area (Å²) in [4.78, 5) is 2.35. The summed E-state index contributed by atoms with van der Waals surface area (Å²) in [6, 6.07) is 18.4. The monoisotopic (exact) mass is 900 g/mol. The normalized spacial score (nSPS) is 21.7. The van der Waals surface area contributed by atoms with E-state index in [0.717, 1.165) is 71.2 Å². The fraction of sp³-hybridized carbons (Fsp3) is 0.514. The van der Waals surface area contributed by atoms with Gasteiger partial charge in [-0.2, -0.15) is 0 Å². The van der Waals surface area contributed by atoms with Crippen LogP contribution in [0.4, 0.5) is 5.69 Å².